The summed E-state index contributed by atoms with van der Waals surface area (Å²) in [6.07, 6.45) is 6.39. The highest BCUT2D eigenvalue weighted by molar-refractivity contribution is 5.31. The largest absolute Gasteiger partial charge is 0.0845 e. The number of hydrogen-bond acceptors (Lipinski definition) is 0. The zero-order chi connectivity index (χ0) is 11.5. The molecule has 0 heterocycles. The van der Waals surface area contributed by atoms with Gasteiger partial charge in [-0.2, -0.15) is 0 Å². The standard InChI is InChI=1S/C16H22/c1-12-4-8-15(9-5-12)14(3)16-10-6-13(2)7-11-16/h4-5,8-10,13-14H,6-7,11H2,1-3H3. The lowest BCUT2D eigenvalue weighted by Crippen LogP contribution is -2.06. The van der Waals surface area contributed by atoms with Crippen molar-refractivity contribution < 1.29 is 0 Å². The van der Waals surface area contributed by atoms with Gasteiger partial charge < -0.3 is 0 Å². The minimum atomic E-state index is 0.605. The molecule has 1 aromatic rings. The molecule has 0 saturated heterocycles. The lowest BCUT2D eigenvalue weighted by Gasteiger charge is -2.23. The van der Waals surface area contributed by atoms with Crippen molar-refractivity contribution >= 4 is 0 Å². The molecule has 0 aromatic heterocycles. The fourth-order valence-electron chi connectivity index (χ4n) is 2.45. The van der Waals surface area contributed by atoms with Gasteiger partial charge in [0.25, 0.3) is 0 Å². The molecule has 0 heteroatoms. The summed E-state index contributed by atoms with van der Waals surface area (Å²) in [5.74, 6) is 1.49. The molecular formula is C16H22. The van der Waals surface area contributed by atoms with Crippen LogP contribution in [0.4, 0.5) is 0 Å². The van der Waals surface area contributed by atoms with Crippen molar-refractivity contribution in [3.05, 3.63) is 47.0 Å². The van der Waals surface area contributed by atoms with Crippen LogP contribution in [0.2, 0.25) is 0 Å². The Balaban J connectivity index is 2.13. The minimum absolute atomic E-state index is 0.605. The average Bonchev–Trinajstić information content (AvgIpc) is 2.30. The Morgan fingerprint density at radius 1 is 1.19 bits per heavy atom. The smallest absolute Gasteiger partial charge is 0.00198 e. The molecule has 0 nitrogen and oxygen atoms in total. The Hall–Kier alpha value is -1.04. The van der Waals surface area contributed by atoms with Crippen molar-refractivity contribution in [2.24, 2.45) is 5.92 Å². The predicted molar refractivity (Wildman–Crippen MR) is 70.7 cm³/mol. The second-order valence-corrected chi connectivity index (χ2v) is 5.29. The van der Waals surface area contributed by atoms with Gasteiger partial charge in [0, 0.05) is 5.92 Å². The molecule has 0 N–H and O–H groups in total. The Labute approximate surface area is 99.4 Å². The van der Waals surface area contributed by atoms with Crippen molar-refractivity contribution in [2.45, 2.75) is 46.0 Å². The molecule has 0 radical (unpaired) electrons. The van der Waals surface area contributed by atoms with Crippen LogP contribution in [-0.2, 0) is 0 Å². The number of aryl methyl sites for hydroxylation is 1. The maximum atomic E-state index is 2.47. The molecular weight excluding hydrogens is 192 g/mol. The van der Waals surface area contributed by atoms with Crippen LogP contribution < -0.4 is 0 Å². The van der Waals surface area contributed by atoms with Gasteiger partial charge in [0.2, 0.25) is 0 Å². The zero-order valence-corrected chi connectivity index (χ0v) is 10.7. The van der Waals surface area contributed by atoms with E-state index in [1.165, 1.54) is 30.4 Å². The highest BCUT2D eigenvalue weighted by atomic mass is 14.2. The van der Waals surface area contributed by atoms with Crippen LogP contribution in [0, 0.1) is 12.8 Å². The van der Waals surface area contributed by atoms with Crippen molar-refractivity contribution in [1.82, 2.24) is 0 Å². The summed E-state index contributed by atoms with van der Waals surface area (Å²) in [7, 11) is 0. The van der Waals surface area contributed by atoms with Crippen LogP contribution in [0.15, 0.2) is 35.9 Å². The third-order valence-electron chi connectivity index (χ3n) is 3.84. The van der Waals surface area contributed by atoms with E-state index in [0.29, 0.717) is 5.92 Å². The number of allylic oxidation sites excluding steroid dienone is 2. The van der Waals surface area contributed by atoms with E-state index in [1.54, 1.807) is 5.57 Å². The third kappa shape index (κ3) is 2.55. The molecule has 16 heavy (non-hydrogen) atoms. The predicted octanol–water partition coefficient (Wildman–Crippen LogP) is 4.84. The highest BCUT2D eigenvalue weighted by Gasteiger charge is 2.16. The molecule has 0 aliphatic heterocycles. The second-order valence-electron chi connectivity index (χ2n) is 5.29. The molecule has 1 aliphatic rings. The summed E-state index contributed by atoms with van der Waals surface area (Å²) >= 11 is 0. The summed E-state index contributed by atoms with van der Waals surface area (Å²) in [6, 6.07) is 8.99. The van der Waals surface area contributed by atoms with Gasteiger partial charge in [-0.15, -0.1) is 0 Å². The average molecular weight is 214 g/mol. The van der Waals surface area contributed by atoms with E-state index < -0.39 is 0 Å². The Morgan fingerprint density at radius 3 is 2.44 bits per heavy atom. The Bertz CT molecular complexity index is 370. The van der Waals surface area contributed by atoms with E-state index >= 15 is 0 Å². The van der Waals surface area contributed by atoms with Gasteiger partial charge in [0.05, 0.1) is 0 Å². The molecule has 2 rings (SSSR count). The summed E-state index contributed by atoms with van der Waals surface area (Å²) < 4.78 is 0. The lowest BCUT2D eigenvalue weighted by molar-refractivity contribution is 0.501. The molecule has 86 valence electrons. The molecule has 0 fully saturated rings. The summed E-state index contributed by atoms with van der Waals surface area (Å²) in [5.41, 5.74) is 4.45. The minimum Gasteiger partial charge on any atom is -0.0845 e. The van der Waals surface area contributed by atoms with E-state index in [0.717, 1.165) is 5.92 Å². The van der Waals surface area contributed by atoms with Crippen LogP contribution in [0.1, 0.15) is 50.2 Å². The highest BCUT2D eigenvalue weighted by Crippen LogP contribution is 2.33. The molecule has 2 atom stereocenters. The number of benzene rings is 1. The number of rotatable bonds is 2. The van der Waals surface area contributed by atoms with Crippen LogP contribution in [0.25, 0.3) is 0 Å². The van der Waals surface area contributed by atoms with Gasteiger partial charge in [0.15, 0.2) is 0 Å². The first-order chi connectivity index (χ1) is 7.66. The van der Waals surface area contributed by atoms with E-state index in [9.17, 15) is 0 Å². The molecule has 1 aromatic carbocycles. The van der Waals surface area contributed by atoms with Crippen molar-refractivity contribution in [3.8, 4) is 0 Å². The van der Waals surface area contributed by atoms with Crippen LogP contribution in [-0.4, -0.2) is 0 Å². The second kappa shape index (κ2) is 4.86. The van der Waals surface area contributed by atoms with Crippen molar-refractivity contribution in [1.29, 1.82) is 0 Å². The van der Waals surface area contributed by atoms with Gasteiger partial charge >= 0.3 is 0 Å². The maximum absolute atomic E-state index is 2.47. The van der Waals surface area contributed by atoms with Crippen LogP contribution in [0.3, 0.4) is 0 Å². The topological polar surface area (TPSA) is 0 Å². The van der Waals surface area contributed by atoms with Crippen LogP contribution >= 0.6 is 0 Å². The van der Waals surface area contributed by atoms with Crippen molar-refractivity contribution in [3.63, 3.8) is 0 Å². The van der Waals surface area contributed by atoms with E-state index in [4.69, 9.17) is 0 Å². The first kappa shape index (κ1) is 11.4. The molecule has 0 spiro atoms. The van der Waals surface area contributed by atoms with E-state index in [2.05, 4.69) is 51.1 Å². The summed E-state index contributed by atoms with van der Waals surface area (Å²) in [5, 5.41) is 0. The molecule has 0 amide bonds. The first-order valence-electron chi connectivity index (χ1n) is 6.42. The summed E-state index contributed by atoms with van der Waals surface area (Å²) in [6.45, 7) is 6.84. The summed E-state index contributed by atoms with van der Waals surface area (Å²) in [4.78, 5) is 0. The van der Waals surface area contributed by atoms with Gasteiger partial charge in [0.1, 0.15) is 0 Å². The van der Waals surface area contributed by atoms with Crippen molar-refractivity contribution in [2.75, 3.05) is 0 Å². The third-order valence-corrected chi connectivity index (χ3v) is 3.84. The van der Waals surface area contributed by atoms with E-state index in [1.807, 2.05) is 0 Å². The lowest BCUT2D eigenvalue weighted by atomic mass is 9.82. The fraction of sp³-hybridized carbons (Fsp3) is 0.500. The Kier molecular flexibility index (Phi) is 3.48. The van der Waals surface area contributed by atoms with Gasteiger partial charge in [-0.05, 0) is 37.7 Å². The first-order valence-corrected chi connectivity index (χ1v) is 6.42. The SMILES string of the molecule is Cc1ccc(C(C)C2=CCC(C)CC2)cc1. The zero-order valence-electron chi connectivity index (χ0n) is 10.7. The normalized spacial score (nSPS) is 22.7. The quantitative estimate of drug-likeness (QED) is 0.618. The van der Waals surface area contributed by atoms with Gasteiger partial charge in [-0.3, -0.25) is 0 Å². The maximum Gasteiger partial charge on any atom is 0.00198 e. The van der Waals surface area contributed by atoms with Gasteiger partial charge in [-0.25, -0.2) is 0 Å². The van der Waals surface area contributed by atoms with Gasteiger partial charge in [-0.1, -0.05) is 55.3 Å². The monoisotopic (exact) mass is 214 g/mol. The molecule has 2 unspecified atom stereocenters. The molecule has 0 bridgehead atoms. The molecule has 0 saturated carbocycles. The number of hydrogen-bond donors (Lipinski definition) is 0. The van der Waals surface area contributed by atoms with E-state index in [-0.39, 0.29) is 0 Å². The fourth-order valence-corrected chi connectivity index (χ4v) is 2.45. The van der Waals surface area contributed by atoms with Crippen LogP contribution in [0.5, 0.6) is 0 Å². The Morgan fingerprint density at radius 2 is 1.88 bits per heavy atom. The molecule has 1 aliphatic carbocycles.